The van der Waals surface area contributed by atoms with Gasteiger partial charge in [0.25, 0.3) is 0 Å². The van der Waals surface area contributed by atoms with E-state index < -0.39 is 11.3 Å². The Morgan fingerprint density at radius 1 is 1.16 bits per heavy atom. The van der Waals surface area contributed by atoms with Crippen molar-refractivity contribution in [2.24, 2.45) is 5.73 Å². The minimum atomic E-state index is -1.54. The predicted molar refractivity (Wildman–Crippen MR) is 118 cm³/mol. The number of benzene rings is 2. The highest BCUT2D eigenvalue weighted by molar-refractivity contribution is 6.31. The third-order valence-electron chi connectivity index (χ3n) is 6.41. The van der Waals surface area contributed by atoms with Gasteiger partial charge in [-0.25, -0.2) is 0 Å². The molecular weight excluding hydrogens is 412 g/mol. The molecule has 31 heavy (non-hydrogen) atoms. The lowest BCUT2D eigenvalue weighted by atomic mass is 9.64. The second-order valence-electron chi connectivity index (χ2n) is 7.94. The number of nitrogens with zero attached hydrogens (tertiary/aromatic N) is 2. The maximum absolute atomic E-state index is 13.5. The summed E-state index contributed by atoms with van der Waals surface area (Å²) in [4.78, 5) is 28.6. The summed E-state index contributed by atoms with van der Waals surface area (Å²) < 4.78 is 0. The fourth-order valence-corrected chi connectivity index (χ4v) is 5.23. The summed E-state index contributed by atoms with van der Waals surface area (Å²) in [6.45, 7) is 1.86. The number of halogens is 1. The Labute approximate surface area is 184 Å². The monoisotopic (exact) mass is 430 g/mol. The number of amides is 1. The zero-order valence-electron chi connectivity index (χ0n) is 16.8. The summed E-state index contributed by atoms with van der Waals surface area (Å²) >= 11 is 6.37. The van der Waals surface area contributed by atoms with Crippen molar-refractivity contribution in [2.75, 3.05) is 10.2 Å². The molecule has 0 aromatic heterocycles. The van der Waals surface area contributed by atoms with Crippen molar-refractivity contribution in [1.29, 1.82) is 5.26 Å². The molecule has 0 saturated carbocycles. The van der Waals surface area contributed by atoms with Gasteiger partial charge in [-0.1, -0.05) is 35.9 Å². The number of carbonyl (C=O) groups excluding carboxylic acids is 2. The normalized spacial score (nSPS) is 22.4. The summed E-state index contributed by atoms with van der Waals surface area (Å²) in [7, 11) is 0. The number of allylic oxidation sites excluding steroid dienone is 1. The summed E-state index contributed by atoms with van der Waals surface area (Å²) in [5.41, 5.74) is 8.80. The van der Waals surface area contributed by atoms with E-state index in [4.69, 9.17) is 17.3 Å². The van der Waals surface area contributed by atoms with Gasteiger partial charge in [0.05, 0.1) is 11.3 Å². The Bertz CT molecular complexity index is 1290. The average molecular weight is 431 g/mol. The molecule has 0 saturated heterocycles. The van der Waals surface area contributed by atoms with E-state index in [9.17, 15) is 14.9 Å². The number of para-hydroxylation sites is 1. The highest BCUT2D eigenvalue weighted by atomic mass is 35.5. The van der Waals surface area contributed by atoms with Gasteiger partial charge in [0.15, 0.2) is 5.78 Å². The first-order valence-electron chi connectivity index (χ1n) is 10.1. The van der Waals surface area contributed by atoms with Crippen molar-refractivity contribution in [1.82, 2.24) is 0 Å². The fraction of sp³-hybridized carbons (Fsp3) is 0.208. The topological polar surface area (TPSA) is 99.2 Å². The largest absolute Gasteiger partial charge is 0.384 e. The molecule has 0 fully saturated rings. The summed E-state index contributed by atoms with van der Waals surface area (Å²) in [6.07, 6.45) is 1.52. The minimum Gasteiger partial charge on any atom is -0.384 e. The van der Waals surface area contributed by atoms with E-state index >= 15 is 0 Å². The van der Waals surface area contributed by atoms with Crippen LogP contribution in [0.1, 0.15) is 30.4 Å². The van der Waals surface area contributed by atoms with Crippen LogP contribution in [0, 0.1) is 18.3 Å². The maximum atomic E-state index is 13.5. The third-order valence-corrected chi connectivity index (χ3v) is 6.82. The lowest BCUT2D eigenvalue weighted by Gasteiger charge is -2.44. The lowest BCUT2D eigenvalue weighted by molar-refractivity contribution is -0.122. The van der Waals surface area contributed by atoms with E-state index in [-0.39, 0.29) is 17.2 Å². The van der Waals surface area contributed by atoms with Gasteiger partial charge in [0.1, 0.15) is 17.3 Å². The fourth-order valence-electron chi connectivity index (χ4n) is 5.06. The van der Waals surface area contributed by atoms with Gasteiger partial charge in [-0.15, -0.1) is 0 Å². The van der Waals surface area contributed by atoms with E-state index in [0.717, 1.165) is 5.56 Å². The van der Waals surface area contributed by atoms with Crippen LogP contribution in [0.15, 0.2) is 65.1 Å². The number of nitrogens with two attached hydrogens (primary N) is 1. The maximum Gasteiger partial charge on any atom is 0.245 e. The van der Waals surface area contributed by atoms with E-state index in [0.29, 0.717) is 52.5 Å². The SMILES string of the molecule is Cc1c(Cl)cccc1N1C(N)=C(C#N)[C@@]2(C(=O)Nc3ccccc32)C2=C1CCCC2=O. The zero-order chi connectivity index (χ0) is 21.9. The number of nitrogens with one attached hydrogen (secondary N) is 1. The van der Waals surface area contributed by atoms with Crippen LogP contribution in [0.4, 0.5) is 11.4 Å². The highest BCUT2D eigenvalue weighted by Crippen LogP contribution is 2.55. The van der Waals surface area contributed by atoms with Crippen LogP contribution in [-0.4, -0.2) is 11.7 Å². The first-order chi connectivity index (χ1) is 14.9. The molecule has 1 atom stereocenters. The predicted octanol–water partition coefficient (Wildman–Crippen LogP) is 4.06. The number of nitriles is 1. The van der Waals surface area contributed by atoms with Gasteiger partial charge >= 0.3 is 0 Å². The van der Waals surface area contributed by atoms with Crippen LogP contribution < -0.4 is 16.0 Å². The molecule has 2 heterocycles. The van der Waals surface area contributed by atoms with Gasteiger partial charge in [-0.3, -0.25) is 14.5 Å². The van der Waals surface area contributed by atoms with Crippen molar-refractivity contribution in [3.05, 3.63) is 81.3 Å². The van der Waals surface area contributed by atoms with Crippen LogP contribution in [0.5, 0.6) is 0 Å². The second kappa shape index (κ2) is 6.73. The molecule has 5 rings (SSSR count). The van der Waals surface area contributed by atoms with Crippen LogP contribution in [0.25, 0.3) is 0 Å². The molecule has 3 aliphatic rings. The number of fused-ring (bicyclic) bond motifs is 3. The van der Waals surface area contributed by atoms with Crippen LogP contribution >= 0.6 is 11.6 Å². The van der Waals surface area contributed by atoms with Gasteiger partial charge < -0.3 is 11.1 Å². The molecule has 1 spiro atoms. The van der Waals surface area contributed by atoms with E-state index in [1.54, 1.807) is 41.3 Å². The lowest BCUT2D eigenvalue weighted by Crippen LogP contribution is -2.50. The molecule has 0 bridgehead atoms. The van der Waals surface area contributed by atoms with Crippen molar-refractivity contribution < 1.29 is 9.59 Å². The molecule has 7 heteroatoms. The number of Topliss-reactive ketones (excluding diaryl/α,β-unsaturated/α-hetero) is 1. The quantitative estimate of drug-likeness (QED) is 0.710. The Balaban J connectivity index is 1.90. The Hall–Kier alpha value is -3.56. The molecule has 2 aromatic rings. The molecule has 154 valence electrons. The molecule has 0 radical (unpaired) electrons. The summed E-state index contributed by atoms with van der Waals surface area (Å²) in [5.74, 6) is -0.412. The Morgan fingerprint density at radius 3 is 2.71 bits per heavy atom. The van der Waals surface area contributed by atoms with Gasteiger partial charge in [0.2, 0.25) is 5.91 Å². The van der Waals surface area contributed by atoms with Crippen LogP contribution in [0.2, 0.25) is 5.02 Å². The molecular formula is C24H19ClN4O2. The Morgan fingerprint density at radius 2 is 1.94 bits per heavy atom. The number of hydrogen-bond acceptors (Lipinski definition) is 5. The molecule has 6 nitrogen and oxygen atoms in total. The molecule has 1 amide bonds. The number of hydrogen-bond donors (Lipinski definition) is 2. The summed E-state index contributed by atoms with van der Waals surface area (Å²) in [6, 6.07) is 14.8. The van der Waals surface area contributed by atoms with Gasteiger partial charge in [-0.05, 0) is 43.5 Å². The molecule has 2 aliphatic heterocycles. The van der Waals surface area contributed by atoms with Crippen molar-refractivity contribution >= 4 is 34.7 Å². The Kier molecular flexibility index (Phi) is 4.21. The first kappa shape index (κ1) is 19.4. The van der Waals surface area contributed by atoms with Crippen molar-refractivity contribution in [2.45, 2.75) is 31.6 Å². The molecule has 1 aliphatic carbocycles. The van der Waals surface area contributed by atoms with Crippen molar-refractivity contribution in [3.8, 4) is 6.07 Å². The first-order valence-corrected chi connectivity index (χ1v) is 10.4. The zero-order valence-corrected chi connectivity index (χ0v) is 17.6. The number of ketones is 1. The van der Waals surface area contributed by atoms with Gasteiger partial charge in [-0.2, -0.15) is 5.26 Å². The molecule has 3 N–H and O–H groups in total. The van der Waals surface area contributed by atoms with E-state index in [1.807, 2.05) is 13.0 Å². The third kappa shape index (κ3) is 2.38. The number of carbonyl (C=O) groups is 2. The highest BCUT2D eigenvalue weighted by Gasteiger charge is 2.60. The van der Waals surface area contributed by atoms with Crippen LogP contribution in [0.3, 0.4) is 0 Å². The van der Waals surface area contributed by atoms with E-state index in [1.165, 1.54) is 0 Å². The minimum absolute atomic E-state index is 0.0586. The smallest absolute Gasteiger partial charge is 0.245 e. The number of rotatable bonds is 1. The second-order valence-corrected chi connectivity index (χ2v) is 8.35. The average Bonchev–Trinajstić information content (AvgIpc) is 3.04. The summed E-state index contributed by atoms with van der Waals surface area (Å²) in [5, 5.41) is 13.7. The molecule has 2 aromatic carbocycles. The number of anilines is 2. The van der Waals surface area contributed by atoms with Crippen molar-refractivity contribution in [3.63, 3.8) is 0 Å². The van der Waals surface area contributed by atoms with Gasteiger partial charge in [0, 0.05) is 34.0 Å². The van der Waals surface area contributed by atoms with E-state index in [2.05, 4.69) is 11.4 Å². The standard InChI is InChI=1S/C24H19ClN4O2/c1-13-16(25)7-4-9-18(13)29-19-10-5-11-20(30)21(19)24(15(12-26)22(29)27)14-6-2-3-8-17(14)28-23(24)31/h2-4,6-9H,5,10-11,27H2,1H3,(H,28,31)/t24-/m1/s1. The molecule has 0 unspecified atom stereocenters. The van der Waals surface area contributed by atoms with Crippen LogP contribution in [-0.2, 0) is 15.0 Å².